The molecule has 1 amide bonds. The third-order valence-electron chi connectivity index (χ3n) is 3.99. The first-order chi connectivity index (χ1) is 11.5. The number of nitrogens with zero attached hydrogens (tertiary/aromatic N) is 1. The highest BCUT2D eigenvalue weighted by Gasteiger charge is 2.51. The van der Waals surface area contributed by atoms with Gasteiger partial charge in [0.15, 0.2) is 0 Å². The third-order valence-corrected chi connectivity index (χ3v) is 3.99. The number of carbonyl (C=O) groups excluding carboxylic acids is 1. The molecule has 8 heteroatoms. The van der Waals surface area contributed by atoms with Crippen LogP contribution in [0.1, 0.15) is 46.3 Å². The molecule has 2 atom stereocenters. The van der Waals surface area contributed by atoms with Crippen LogP contribution in [0.3, 0.4) is 0 Å². The summed E-state index contributed by atoms with van der Waals surface area (Å²) in [4.78, 5) is 13.8. The topological polar surface area (TPSA) is 79.2 Å². The molecule has 1 aromatic rings. The van der Waals surface area contributed by atoms with Crippen molar-refractivity contribution in [3.05, 3.63) is 29.8 Å². The van der Waals surface area contributed by atoms with Gasteiger partial charge in [-0.2, -0.15) is 0 Å². The molecule has 25 heavy (non-hydrogen) atoms. The number of carbonyl (C=O) groups is 1. The van der Waals surface area contributed by atoms with Crippen LogP contribution < -0.4 is 5.46 Å². The van der Waals surface area contributed by atoms with E-state index < -0.39 is 43.4 Å². The summed E-state index contributed by atoms with van der Waals surface area (Å²) >= 11 is 0. The van der Waals surface area contributed by atoms with Gasteiger partial charge in [-0.1, -0.05) is 24.3 Å². The van der Waals surface area contributed by atoms with E-state index in [4.69, 9.17) is 9.47 Å². The molecule has 6 nitrogen and oxygen atoms in total. The number of rotatable bonds is 3. The first-order valence-corrected chi connectivity index (χ1v) is 8.18. The van der Waals surface area contributed by atoms with Crippen molar-refractivity contribution in [2.75, 3.05) is 6.67 Å². The second-order valence-electron chi connectivity index (χ2n) is 7.60. The van der Waals surface area contributed by atoms with Crippen molar-refractivity contribution in [3.8, 4) is 0 Å². The van der Waals surface area contributed by atoms with Gasteiger partial charge in [-0.05, 0) is 45.6 Å². The summed E-state index contributed by atoms with van der Waals surface area (Å²) in [5, 5.41) is 18.4. The summed E-state index contributed by atoms with van der Waals surface area (Å²) in [7, 11) is -1.58. The molecule has 1 aliphatic rings. The highest BCUT2D eigenvalue weighted by Crippen LogP contribution is 2.41. The number of halogens is 1. The number of ether oxygens (including phenoxy) is 2. The molecule has 1 aromatic carbocycles. The highest BCUT2D eigenvalue weighted by atomic mass is 19.1. The summed E-state index contributed by atoms with van der Waals surface area (Å²) in [6, 6.07) is 5.49. The molecule has 138 valence electrons. The summed E-state index contributed by atoms with van der Waals surface area (Å²) < 4.78 is 25.2. The van der Waals surface area contributed by atoms with E-state index in [0.29, 0.717) is 11.0 Å². The minimum absolute atomic E-state index is 0.321. The number of alkyl halides is 1. The highest BCUT2D eigenvalue weighted by molar-refractivity contribution is 6.58. The SMILES string of the molecule is CC(C)(C)OC(=O)N1[C@H](CF)[C@@H](c2ccc(B(O)O)cc2)OC1(C)C. The van der Waals surface area contributed by atoms with E-state index in [1.165, 1.54) is 17.0 Å². The Kier molecular flexibility index (Phi) is 5.46. The molecule has 2 rings (SSSR count). The molecular formula is C17H25BFNO5. The van der Waals surface area contributed by atoms with E-state index in [0.717, 1.165) is 0 Å². The van der Waals surface area contributed by atoms with Gasteiger partial charge in [-0.15, -0.1) is 0 Å². The van der Waals surface area contributed by atoms with Crippen LogP contribution in [0, 0.1) is 0 Å². The Morgan fingerprint density at radius 1 is 1.32 bits per heavy atom. The van der Waals surface area contributed by atoms with Crippen molar-refractivity contribution in [2.45, 2.75) is 58.1 Å². The van der Waals surface area contributed by atoms with Crippen molar-refractivity contribution >= 4 is 18.7 Å². The fourth-order valence-corrected chi connectivity index (χ4v) is 2.95. The maximum atomic E-state index is 13.8. The van der Waals surface area contributed by atoms with Gasteiger partial charge >= 0.3 is 13.2 Å². The lowest BCUT2D eigenvalue weighted by Crippen LogP contribution is -2.50. The Balaban J connectivity index is 2.31. The molecule has 1 saturated heterocycles. The Bertz CT molecular complexity index is 614. The molecule has 2 N–H and O–H groups in total. The van der Waals surface area contributed by atoms with E-state index in [-0.39, 0.29) is 0 Å². The molecule has 0 saturated carbocycles. The first-order valence-electron chi connectivity index (χ1n) is 8.18. The second kappa shape index (κ2) is 6.94. The number of hydrogen-bond donors (Lipinski definition) is 2. The number of benzene rings is 1. The fourth-order valence-electron chi connectivity index (χ4n) is 2.95. The van der Waals surface area contributed by atoms with Crippen LogP contribution in [0.25, 0.3) is 0 Å². The summed E-state index contributed by atoms with van der Waals surface area (Å²) in [5.41, 5.74) is -0.780. The largest absolute Gasteiger partial charge is 0.488 e. The monoisotopic (exact) mass is 353 g/mol. The number of hydrogen-bond acceptors (Lipinski definition) is 5. The van der Waals surface area contributed by atoms with Crippen molar-refractivity contribution in [1.29, 1.82) is 0 Å². The smallest absolute Gasteiger partial charge is 0.444 e. The molecule has 1 fully saturated rings. The molecule has 0 spiro atoms. The summed E-state index contributed by atoms with van der Waals surface area (Å²) in [6.07, 6.45) is -1.32. The van der Waals surface area contributed by atoms with Gasteiger partial charge in [0.1, 0.15) is 24.1 Å². The van der Waals surface area contributed by atoms with Crippen molar-refractivity contribution in [3.63, 3.8) is 0 Å². The van der Waals surface area contributed by atoms with Gasteiger partial charge in [0, 0.05) is 0 Å². The lowest BCUT2D eigenvalue weighted by atomic mass is 9.80. The van der Waals surface area contributed by atoms with Crippen LogP contribution in [0.4, 0.5) is 9.18 Å². The van der Waals surface area contributed by atoms with Gasteiger partial charge in [-0.25, -0.2) is 9.18 Å². The van der Waals surface area contributed by atoms with E-state index in [1.807, 2.05) is 0 Å². The van der Waals surface area contributed by atoms with Gasteiger partial charge in [0.25, 0.3) is 0 Å². The van der Waals surface area contributed by atoms with Crippen molar-refractivity contribution in [1.82, 2.24) is 4.90 Å². The zero-order valence-corrected chi connectivity index (χ0v) is 15.2. The maximum absolute atomic E-state index is 13.8. The standard InChI is InChI=1S/C17H25BFNO5/c1-16(2,3)25-15(21)20-13(10-19)14(24-17(20,4)5)11-6-8-12(9-7-11)18(22)23/h6-9,13-14,22-23H,10H2,1-5H3/t13-,14-/m1/s1. The molecular weight excluding hydrogens is 328 g/mol. The van der Waals surface area contributed by atoms with Crippen LogP contribution in [-0.2, 0) is 9.47 Å². The molecule has 0 radical (unpaired) electrons. The normalized spacial score (nSPS) is 22.8. The predicted octanol–water partition coefficient (Wildman–Crippen LogP) is 1.75. The van der Waals surface area contributed by atoms with Gasteiger partial charge < -0.3 is 19.5 Å². The van der Waals surface area contributed by atoms with Crippen LogP contribution in [0.15, 0.2) is 24.3 Å². The molecule has 0 aliphatic carbocycles. The summed E-state index contributed by atoms with van der Waals surface area (Å²) in [6.45, 7) is 7.82. The van der Waals surface area contributed by atoms with E-state index in [2.05, 4.69) is 0 Å². The van der Waals surface area contributed by atoms with Gasteiger partial charge in [0.05, 0.1) is 6.04 Å². The lowest BCUT2D eigenvalue weighted by molar-refractivity contribution is -0.0797. The Hall–Kier alpha value is -1.64. The minimum atomic E-state index is -1.58. The van der Waals surface area contributed by atoms with E-state index >= 15 is 0 Å². The van der Waals surface area contributed by atoms with Gasteiger partial charge in [-0.3, -0.25) is 4.90 Å². The average Bonchev–Trinajstić information content (AvgIpc) is 2.76. The molecule has 0 unspecified atom stereocenters. The minimum Gasteiger partial charge on any atom is -0.444 e. The van der Waals surface area contributed by atoms with Crippen LogP contribution in [-0.4, -0.2) is 52.2 Å². The lowest BCUT2D eigenvalue weighted by Gasteiger charge is -2.34. The Labute approximate surface area is 147 Å². The average molecular weight is 353 g/mol. The fraction of sp³-hybridized carbons (Fsp3) is 0.588. The quantitative estimate of drug-likeness (QED) is 0.810. The Morgan fingerprint density at radius 3 is 2.32 bits per heavy atom. The number of amides is 1. The molecule has 1 aliphatic heterocycles. The summed E-state index contributed by atoms with van der Waals surface area (Å²) in [5.74, 6) is 0. The zero-order valence-electron chi connectivity index (χ0n) is 15.2. The van der Waals surface area contributed by atoms with Crippen LogP contribution >= 0.6 is 0 Å². The van der Waals surface area contributed by atoms with Crippen LogP contribution in [0.5, 0.6) is 0 Å². The first kappa shape index (κ1) is 19.7. The molecule has 0 bridgehead atoms. The van der Waals surface area contributed by atoms with E-state index in [1.54, 1.807) is 46.8 Å². The van der Waals surface area contributed by atoms with Crippen molar-refractivity contribution < 1.29 is 28.7 Å². The molecule has 1 heterocycles. The Morgan fingerprint density at radius 2 is 1.88 bits per heavy atom. The van der Waals surface area contributed by atoms with Crippen LogP contribution in [0.2, 0.25) is 0 Å². The zero-order chi connectivity index (χ0) is 19.0. The molecule has 0 aromatic heterocycles. The van der Waals surface area contributed by atoms with Crippen molar-refractivity contribution in [2.24, 2.45) is 0 Å². The predicted molar refractivity (Wildman–Crippen MR) is 92.0 cm³/mol. The maximum Gasteiger partial charge on any atom is 0.488 e. The second-order valence-corrected chi connectivity index (χ2v) is 7.60. The third kappa shape index (κ3) is 4.31. The van der Waals surface area contributed by atoms with E-state index in [9.17, 15) is 19.2 Å². The van der Waals surface area contributed by atoms with Gasteiger partial charge in [0.2, 0.25) is 0 Å².